The van der Waals surface area contributed by atoms with Crippen molar-refractivity contribution in [1.29, 1.82) is 0 Å². The molecule has 2 rings (SSSR count). The minimum absolute atomic E-state index is 0.355. The molecule has 0 N–H and O–H groups in total. The molecule has 0 spiro atoms. The quantitative estimate of drug-likeness (QED) is 0.649. The number of nitrogens with zero attached hydrogens (tertiary/aromatic N) is 3. The van der Waals surface area contributed by atoms with E-state index in [4.69, 9.17) is 0 Å². The van der Waals surface area contributed by atoms with Crippen LogP contribution in [0.5, 0.6) is 0 Å². The van der Waals surface area contributed by atoms with Crippen LogP contribution < -0.4 is 4.90 Å². The van der Waals surface area contributed by atoms with Crippen LogP contribution in [0.25, 0.3) is 0 Å². The molecule has 1 saturated heterocycles. The second-order valence-electron chi connectivity index (χ2n) is 4.07. The van der Waals surface area contributed by atoms with Crippen LogP contribution in [0.1, 0.15) is 5.56 Å². The topological polar surface area (TPSA) is 19.4 Å². The van der Waals surface area contributed by atoms with E-state index in [1.807, 2.05) is 6.07 Å². The molecule has 0 amide bonds. The van der Waals surface area contributed by atoms with E-state index in [2.05, 4.69) is 21.8 Å². The van der Waals surface area contributed by atoms with Gasteiger partial charge in [-0.15, -0.1) is 0 Å². The number of aryl methyl sites for hydroxylation is 1. The zero-order chi connectivity index (χ0) is 10.8. The summed E-state index contributed by atoms with van der Waals surface area (Å²) >= 11 is 0. The standard InChI is InChI=1S/C11H16FN3/c1-9-3-4-10(13-11(9)12)15-7-5-14(2)6-8-15/h3-4H,5-8H2,1-2H3. The summed E-state index contributed by atoms with van der Waals surface area (Å²) in [5, 5.41) is 0. The van der Waals surface area contributed by atoms with E-state index in [-0.39, 0.29) is 5.95 Å². The Balaban J connectivity index is 2.12. The summed E-state index contributed by atoms with van der Waals surface area (Å²) in [5.41, 5.74) is 0.605. The predicted molar refractivity (Wildman–Crippen MR) is 58.6 cm³/mol. The first-order valence-electron chi connectivity index (χ1n) is 5.23. The molecule has 0 radical (unpaired) electrons. The molecule has 2 heterocycles. The summed E-state index contributed by atoms with van der Waals surface area (Å²) in [6, 6.07) is 3.68. The fourth-order valence-electron chi connectivity index (χ4n) is 1.71. The number of pyridine rings is 1. The number of piperazine rings is 1. The molecular weight excluding hydrogens is 193 g/mol. The molecule has 82 valence electrons. The van der Waals surface area contributed by atoms with Gasteiger partial charge in [-0.25, -0.2) is 4.98 Å². The zero-order valence-electron chi connectivity index (χ0n) is 9.20. The maximum absolute atomic E-state index is 13.3. The van der Waals surface area contributed by atoms with Gasteiger partial charge in [-0.3, -0.25) is 0 Å². The molecule has 0 aromatic carbocycles. The third-order valence-corrected chi connectivity index (χ3v) is 2.85. The Morgan fingerprint density at radius 1 is 1.20 bits per heavy atom. The third kappa shape index (κ3) is 2.26. The number of halogens is 1. The van der Waals surface area contributed by atoms with Crippen LogP contribution in [0.2, 0.25) is 0 Å². The van der Waals surface area contributed by atoms with Crippen molar-refractivity contribution in [1.82, 2.24) is 9.88 Å². The van der Waals surface area contributed by atoms with Crippen molar-refractivity contribution in [3.8, 4) is 0 Å². The average molecular weight is 209 g/mol. The smallest absolute Gasteiger partial charge is 0.217 e. The van der Waals surface area contributed by atoms with Gasteiger partial charge in [-0.05, 0) is 20.0 Å². The van der Waals surface area contributed by atoms with Crippen LogP contribution in [0.4, 0.5) is 10.2 Å². The van der Waals surface area contributed by atoms with E-state index in [0.29, 0.717) is 5.56 Å². The molecule has 1 fully saturated rings. The van der Waals surface area contributed by atoms with Crippen molar-refractivity contribution in [2.24, 2.45) is 0 Å². The number of hydrogen-bond acceptors (Lipinski definition) is 3. The lowest BCUT2D eigenvalue weighted by molar-refractivity contribution is 0.311. The number of likely N-dealkylation sites (N-methyl/N-ethyl adjacent to an activating group) is 1. The second kappa shape index (κ2) is 4.14. The molecule has 0 aliphatic carbocycles. The van der Waals surface area contributed by atoms with Gasteiger partial charge in [-0.2, -0.15) is 4.39 Å². The van der Waals surface area contributed by atoms with Crippen molar-refractivity contribution < 1.29 is 4.39 Å². The van der Waals surface area contributed by atoms with Crippen molar-refractivity contribution in [2.75, 3.05) is 38.1 Å². The lowest BCUT2D eigenvalue weighted by Crippen LogP contribution is -2.44. The lowest BCUT2D eigenvalue weighted by Gasteiger charge is -2.33. The second-order valence-corrected chi connectivity index (χ2v) is 4.07. The fourth-order valence-corrected chi connectivity index (χ4v) is 1.71. The highest BCUT2D eigenvalue weighted by molar-refractivity contribution is 5.40. The Morgan fingerprint density at radius 2 is 1.87 bits per heavy atom. The highest BCUT2D eigenvalue weighted by Gasteiger charge is 2.15. The Bertz CT molecular complexity index is 346. The van der Waals surface area contributed by atoms with Crippen LogP contribution in [0, 0.1) is 12.9 Å². The summed E-state index contributed by atoms with van der Waals surface area (Å²) in [6.07, 6.45) is 0. The molecule has 15 heavy (non-hydrogen) atoms. The van der Waals surface area contributed by atoms with Gasteiger partial charge in [0, 0.05) is 31.7 Å². The largest absolute Gasteiger partial charge is 0.354 e. The third-order valence-electron chi connectivity index (χ3n) is 2.85. The van der Waals surface area contributed by atoms with Crippen molar-refractivity contribution in [3.05, 3.63) is 23.6 Å². The molecule has 1 aliphatic heterocycles. The highest BCUT2D eigenvalue weighted by atomic mass is 19.1. The van der Waals surface area contributed by atoms with E-state index >= 15 is 0 Å². The minimum atomic E-state index is -0.355. The summed E-state index contributed by atoms with van der Waals surface area (Å²) < 4.78 is 13.3. The van der Waals surface area contributed by atoms with E-state index in [9.17, 15) is 4.39 Å². The fraction of sp³-hybridized carbons (Fsp3) is 0.545. The van der Waals surface area contributed by atoms with Gasteiger partial charge in [-0.1, -0.05) is 6.07 Å². The first kappa shape index (κ1) is 10.4. The Kier molecular flexibility index (Phi) is 2.86. The van der Waals surface area contributed by atoms with E-state index in [1.165, 1.54) is 0 Å². The molecule has 0 atom stereocenters. The summed E-state index contributed by atoms with van der Waals surface area (Å²) in [4.78, 5) is 8.35. The molecule has 3 nitrogen and oxygen atoms in total. The number of anilines is 1. The van der Waals surface area contributed by atoms with Crippen molar-refractivity contribution >= 4 is 5.82 Å². The molecule has 0 bridgehead atoms. The van der Waals surface area contributed by atoms with Gasteiger partial charge in [0.1, 0.15) is 5.82 Å². The molecule has 1 aromatic heterocycles. The summed E-state index contributed by atoms with van der Waals surface area (Å²) in [7, 11) is 2.10. The van der Waals surface area contributed by atoms with Crippen LogP contribution >= 0.6 is 0 Å². The van der Waals surface area contributed by atoms with Crippen molar-refractivity contribution in [2.45, 2.75) is 6.92 Å². The molecule has 0 saturated carbocycles. The molecule has 1 aromatic rings. The Hall–Kier alpha value is -1.16. The van der Waals surface area contributed by atoms with Crippen LogP contribution in [-0.4, -0.2) is 43.1 Å². The Morgan fingerprint density at radius 3 is 2.47 bits per heavy atom. The van der Waals surface area contributed by atoms with Gasteiger partial charge in [0.15, 0.2) is 0 Å². The van der Waals surface area contributed by atoms with Gasteiger partial charge < -0.3 is 9.80 Å². The highest BCUT2D eigenvalue weighted by Crippen LogP contribution is 2.15. The van der Waals surface area contributed by atoms with E-state index in [0.717, 1.165) is 32.0 Å². The number of rotatable bonds is 1. The monoisotopic (exact) mass is 209 g/mol. The van der Waals surface area contributed by atoms with E-state index < -0.39 is 0 Å². The van der Waals surface area contributed by atoms with Crippen molar-refractivity contribution in [3.63, 3.8) is 0 Å². The van der Waals surface area contributed by atoms with Gasteiger partial charge in [0.05, 0.1) is 0 Å². The Labute approximate surface area is 89.5 Å². The average Bonchev–Trinajstić information content (AvgIpc) is 2.23. The SMILES string of the molecule is Cc1ccc(N2CCN(C)CC2)nc1F. The number of aromatic nitrogens is 1. The summed E-state index contributed by atoms with van der Waals surface area (Å²) in [5.74, 6) is 0.401. The molecule has 1 aliphatic rings. The van der Waals surface area contributed by atoms with Gasteiger partial charge in [0.25, 0.3) is 0 Å². The first-order valence-corrected chi connectivity index (χ1v) is 5.23. The van der Waals surface area contributed by atoms with Crippen LogP contribution in [-0.2, 0) is 0 Å². The molecule has 0 unspecified atom stereocenters. The van der Waals surface area contributed by atoms with Gasteiger partial charge in [0.2, 0.25) is 5.95 Å². The normalized spacial score (nSPS) is 18.2. The minimum Gasteiger partial charge on any atom is -0.354 e. The van der Waals surface area contributed by atoms with Crippen LogP contribution in [0.3, 0.4) is 0 Å². The zero-order valence-corrected chi connectivity index (χ0v) is 9.20. The maximum Gasteiger partial charge on any atom is 0.217 e. The van der Waals surface area contributed by atoms with Gasteiger partial charge >= 0.3 is 0 Å². The maximum atomic E-state index is 13.3. The van der Waals surface area contributed by atoms with Crippen LogP contribution in [0.15, 0.2) is 12.1 Å². The lowest BCUT2D eigenvalue weighted by atomic mass is 10.3. The summed E-state index contributed by atoms with van der Waals surface area (Å²) in [6.45, 7) is 5.60. The molecular formula is C11H16FN3. The first-order chi connectivity index (χ1) is 7.16. The number of hydrogen-bond donors (Lipinski definition) is 0. The predicted octanol–water partition coefficient (Wildman–Crippen LogP) is 1.28. The van der Waals surface area contributed by atoms with E-state index in [1.54, 1.807) is 13.0 Å². The molecule has 4 heteroatoms.